The van der Waals surface area contributed by atoms with Gasteiger partial charge in [0, 0.05) is 24.9 Å². The zero-order chi connectivity index (χ0) is 19.3. The van der Waals surface area contributed by atoms with Crippen LogP contribution in [0.25, 0.3) is 11.1 Å². The Labute approximate surface area is 177 Å². The van der Waals surface area contributed by atoms with Crippen LogP contribution in [0.3, 0.4) is 0 Å². The summed E-state index contributed by atoms with van der Waals surface area (Å²) in [7, 11) is 0. The number of hydrogen-bond acceptors (Lipinski definition) is 3. The van der Waals surface area contributed by atoms with E-state index in [1.165, 1.54) is 5.56 Å². The Morgan fingerprint density at radius 1 is 1.17 bits per heavy atom. The summed E-state index contributed by atoms with van der Waals surface area (Å²) in [5, 5.41) is 10.6. The molecule has 5 nitrogen and oxygen atoms in total. The second kappa shape index (κ2) is 9.72. The molecule has 0 bridgehead atoms. The minimum absolute atomic E-state index is 0. The second-order valence-corrected chi connectivity index (χ2v) is 7.48. The number of nitrogens with zero attached hydrogens (tertiary/aromatic N) is 2. The maximum atomic E-state index is 12.4. The smallest absolute Gasteiger partial charge is 0.223 e. The van der Waals surface area contributed by atoms with Crippen LogP contribution in [0.1, 0.15) is 18.1 Å². The van der Waals surface area contributed by atoms with Crippen molar-refractivity contribution in [3.8, 4) is 11.1 Å². The lowest BCUT2D eigenvalue weighted by molar-refractivity contribution is -0.126. The maximum Gasteiger partial charge on any atom is 0.223 e. The first-order chi connectivity index (χ1) is 13.7. The molecule has 0 saturated carbocycles. The predicted molar refractivity (Wildman–Crippen MR) is 118 cm³/mol. The van der Waals surface area contributed by atoms with Crippen molar-refractivity contribution in [2.45, 2.75) is 20.0 Å². The average Bonchev–Trinajstić information content (AvgIpc) is 3.18. The van der Waals surface area contributed by atoms with Gasteiger partial charge in [-0.3, -0.25) is 9.48 Å². The third kappa shape index (κ3) is 5.05. The number of amides is 1. The molecule has 1 aliphatic heterocycles. The van der Waals surface area contributed by atoms with E-state index < -0.39 is 0 Å². The van der Waals surface area contributed by atoms with E-state index in [0.717, 1.165) is 36.3 Å². The van der Waals surface area contributed by atoms with Gasteiger partial charge in [0.25, 0.3) is 0 Å². The predicted octanol–water partition coefficient (Wildman–Crippen LogP) is 3.49. The largest absolute Gasteiger partial charge is 0.352 e. The SMILES string of the molecule is CC(C(=O)NCc1ccccc1-c1ccc(Cn2cccn2)cc1)C1CNC1.Cl. The Morgan fingerprint density at radius 2 is 1.93 bits per heavy atom. The molecule has 3 aromatic rings. The summed E-state index contributed by atoms with van der Waals surface area (Å²) >= 11 is 0. The number of rotatable bonds is 7. The molecule has 1 unspecified atom stereocenters. The van der Waals surface area contributed by atoms with E-state index in [0.29, 0.717) is 12.5 Å². The Hall–Kier alpha value is -2.63. The summed E-state index contributed by atoms with van der Waals surface area (Å²) in [6.45, 7) is 5.21. The third-order valence-corrected chi connectivity index (χ3v) is 5.57. The van der Waals surface area contributed by atoms with Gasteiger partial charge in [-0.2, -0.15) is 5.10 Å². The van der Waals surface area contributed by atoms with Crippen molar-refractivity contribution in [3.63, 3.8) is 0 Å². The highest BCUT2D eigenvalue weighted by molar-refractivity contribution is 5.85. The molecule has 152 valence electrons. The fourth-order valence-corrected chi connectivity index (χ4v) is 3.55. The zero-order valence-corrected chi connectivity index (χ0v) is 17.4. The average molecular weight is 411 g/mol. The van der Waals surface area contributed by atoms with Crippen molar-refractivity contribution in [3.05, 3.63) is 78.1 Å². The van der Waals surface area contributed by atoms with Crippen LogP contribution in [0.5, 0.6) is 0 Å². The Morgan fingerprint density at radius 3 is 2.59 bits per heavy atom. The third-order valence-electron chi connectivity index (χ3n) is 5.57. The lowest BCUT2D eigenvalue weighted by atomic mass is 9.88. The fourth-order valence-electron chi connectivity index (χ4n) is 3.55. The highest BCUT2D eigenvalue weighted by Gasteiger charge is 2.28. The number of benzene rings is 2. The van der Waals surface area contributed by atoms with Gasteiger partial charge in [-0.1, -0.05) is 55.5 Å². The van der Waals surface area contributed by atoms with Crippen molar-refractivity contribution >= 4 is 18.3 Å². The van der Waals surface area contributed by atoms with Crippen LogP contribution in [0, 0.1) is 11.8 Å². The van der Waals surface area contributed by atoms with E-state index in [2.05, 4.69) is 52.1 Å². The number of hydrogen-bond donors (Lipinski definition) is 2. The van der Waals surface area contributed by atoms with Crippen LogP contribution in [-0.4, -0.2) is 28.8 Å². The van der Waals surface area contributed by atoms with E-state index in [9.17, 15) is 4.79 Å². The lowest BCUT2D eigenvalue weighted by Crippen LogP contribution is -2.49. The van der Waals surface area contributed by atoms with Crippen LogP contribution in [0.4, 0.5) is 0 Å². The molecule has 1 aliphatic rings. The van der Waals surface area contributed by atoms with Crippen molar-refractivity contribution in [2.24, 2.45) is 11.8 Å². The number of nitrogens with one attached hydrogen (secondary N) is 2. The van der Waals surface area contributed by atoms with Crippen molar-refractivity contribution in [1.82, 2.24) is 20.4 Å². The molecule has 0 aliphatic carbocycles. The number of carbonyl (C=O) groups excluding carboxylic acids is 1. The van der Waals surface area contributed by atoms with E-state index in [1.54, 1.807) is 6.20 Å². The van der Waals surface area contributed by atoms with Gasteiger partial charge in [-0.15, -0.1) is 12.4 Å². The summed E-state index contributed by atoms with van der Waals surface area (Å²) in [6, 6.07) is 18.8. The molecular formula is C23H27ClN4O. The van der Waals surface area contributed by atoms with Crippen molar-refractivity contribution in [1.29, 1.82) is 0 Å². The first kappa shape index (κ1) is 21.1. The van der Waals surface area contributed by atoms with E-state index >= 15 is 0 Å². The quantitative estimate of drug-likeness (QED) is 0.626. The van der Waals surface area contributed by atoms with Gasteiger partial charge >= 0.3 is 0 Å². The van der Waals surface area contributed by atoms with Gasteiger partial charge in [0.2, 0.25) is 5.91 Å². The summed E-state index contributed by atoms with van der Waals surface area (Å²) in [5.74, 6) is 0.642. The van der Waals surface area contributed by atoms with Gasteiger partial charge in [0.1, 0.15) is 0 Å². The first-order valence-corrected chi connectivity index (χ1v) is 9.84. The van der Waals surface area contributed by atoms with E-state index in [-0.39, 0.29) is 24.2 Å². The van der Waals surface area contributed by atoms with Gasteiger partial charge in [-0.05, 0) is 47.3 Å². The topological polar surface area (TPSA) is 59.0 Å². The Kier molecular flexibility index (Phi) is 7.07. The molecule has 6 heteroatoms. The molecular weight excluding hydrogens is 384 g/mol. The number of halogens is 1. The Balaban J connectivity index is 0.00000240. The summed E-state index contributed by atoms with van der Waals surface area (Å²) < 4.78 is 1.91. The molecule has 4 rings (SSSR count). The lowest BCUT2D eigenvalue weighted by Gasteiger charge is -2.31. The number of aromatic nitrogens is 2. The van der Waals surface area contributed by atoms with Gasteiger partial charge in [0.05, 0.1) is 6.54 Å². The number of carbonyl (C=O) groups is 1. The van der Waals surface area contributed by atoms with Crippen LogP contribution in [-0.2, 0) is 17.9 Å². The van der Waals surface area contributed by atoms with Crippen LogP contribution < -0.4 is 10.6 Å². The van der Waals surface area contributed by atoms with Crippen molar-refractivity contribution < 1.29 is 4.79 Å². The molecule has 2 aromatic carbocycles. The molecule has 0 spiro atoms. The van der Waals surface area contributed by atoms with Crippen LogP contribution in [0.15, 0.2) is 67.0 Å². The van der Waals surface area contributed by atoms with Crippen LogP contribution >= 0.6 is 12.4 Å². The summed E-state index contributed by atoms with van der Waals surface area (Å²) in [6.07, 6.45) is 3.76. The van der Waals surface area contributed by atoms with Gasteiger partial charge < -0.3 is 10.6 Å². The van der Waals surface area contributed by atoms with E-state index in [4.69, 9.17) is 0 Å². The Bertz CT molecular complexity index is 920. The van der Waals surface area contributed by atoms with Gasteiger partial charge in [0.15, 0.2) is 0 Å². The minimum Gasteiger partial charge on any atom is -0.352 e. The van der Waals surface area contributed by atoms with E-state index in [1.807, 2.05) is 36.0 Å². The second-order valence-electron chi connectivity index (χ2n) is 7.48. The molecule has 2 heterocycles. The normalized spacial score (nSPS) is 14.5. The maximum absolute atomic E-state index is 12.4. The fraction of sp³-hybridized carbons (Fsp3) is 0.304. The molecule has 1 amide bonds. The van der Waals surface area contributed by atoms with Gasteiger partial charge in [-0.25, -0.2) is 0 Å². The minimum atomic E-state index is 0. The molecule has 0 radical (unpaired) electrons. The first-order valence-electron chi connectivity index (χ1n) is 9.84. The molecule has 1 atom stereocenters. The monoisotopic (exact) mass is 410 g/mol. The van der Waals surface area contributed by atoms with Crippen molar-refractivity contribution in [2.75, 3.05) is 13.1 Å². The molecule has 29 heavy (non-hydrogen) atoms. The van der Waals surface area contributed by atoms with Crippen LogP contribution in [0.2, 0.25) is 0 Å². The molecule has 1 fully saturated rings. The highest BCUT2D eigenvalue weighted by atomic mass is 35.5. The summed E-state index contributed by atoms with van der Waals surface area (Å²) in [4.78, 5) is 12.4. The summed E-state index contributed by atoms with van der Waals surface area (Å²) in [5.41, 5.74) is 4.66. The highest BCUT2D eigenvalue weighted by Crippen LogP contribution is 2.25. The standard InChI is InChI=1S/C23H26N4O.ClH/c1-17(21-13-24-14-21)23(28)25-15-20-5-2-3-6-22(20)19-9-7-18(8-10-19)16-27-12-4-11-26-27;/h2-12,17,21,24H,13-16H2,1H3,(H,25,28);1H. The zero-order valence-electron chi connectivity index (χ0n) is 16.5. The molecule has 2 N–H and O–H groups in total. The molecule has 1 aromatic heterocycles. The molecule has 1 saturated heterocycles.